The van der Waals surface area contributed by atoms with Crippen LogP contribution in [0.5, 0.6) is 0 Å². The van der Waals surface area contributed by atoms with Gasteiger partial charge in [-0.15, -0.1) is 0 Å². The number of allylic oxidation sites excluding steroid dienone is 1. The molecule has 4 rings (SSSR count). The molecule has 25 heavy (non-hydrogen) atoms. The van der Waals surface area contributed by atoms with Gasteiger partial charge in [0, 0.05) is 5.92 Å². The summed E-state index contributed by atoms with van der Waals surface area (Å²) in [4.78, 5) is 13.7. The molecule has 0 aromatic heterocycles. The molecule has 0 aromatic rings. The molecule has 0 heterocycles. The van der Waals surface area contributed by atoms with Crippen molar-refractivity contribution in [1.82, 2.24) is 0 Å². The second-order valence-corrected chi connectivity index (χ2v) is 9.27. The summed E-state index contributed by atoms with van der Waals surface area (Å²) in [5.41, 5.74) is -2.58. The fraction of sp³-hybridized carbons (Fsp3) is 0.750. The second kappa shape index (κ2) is 4.83. The summed E-state index contributed by atoms with van der Waals surface area (Å²) in [6, 6.07) is 0. The molecule has 2 bridgehead atoms. The molecule has 2 saturated carbocycles. The molecule has 0 amide bonds. The Kier molecular flexibility index (Phi) is 3.36. The summed E-state index contributed by atoms with van der Waals surface area (Å²) in [6.07, 6.45) is 1.34. The third kappa shape index (κ3) is 1.71. The number of hydrogen-bond acceptors (Lipinski definition) is 5. The van der Waals surface area contributed by atoms with Crippen LogP contribution in [0.2, 0.25) is 0 Å². The number of ketones is 1. The van der Waals surface area contributed by atoms with Gasteiger partial charge in [0.25, 0.3) is 0 Å². The van der Waals surface area contributed by atoms with Crippen LogP contribution in [0.4, 0.5) is 0 Å². The highest BCUT2D eigenvalue weighted by Gasteiger charge is 2.75. The van der Waals surface area contributed by atoms with Crippen LogP contribution in [0.15, 0.2) is 23.3 Å². The minimum Gasteiger partial charge on any atom is -0.392 e. The van der Waals surface area contributed by atoms with Crippen LogP contribution in [0.3, 0.4) is 0 Å². The van der Waals surface area contributed by atoms with Gasteiger partial charge in [-0.25, -0.2) is 0 Å². The van der Waals surface area contributed by atoms with Gasteiger partial charge >= 0.3 is 0 Å². The molecule has 0 aromatic carbocycles. The van der Waals surface area contributed by atoms with Crippen molar-refractivity contribution in [2.24, 2.45) is 34.5 Å². The summed E-state index contributed by atoms with van der Waals surface area (Å²) in [5.74, 6) is -0.288. The van der Waals surface area contributed by atoms with Crippen LogP contribution < -0.4 is 0 Å². The largest absolute Gasteiger partial charge is 0.392 e. The topological polar surface area (TPSA) is 98.0 Å². The highest BCUT2D eigenvalue weighted by atomic mass is 16.4. The van der Waals surface area contributed by atoms with Crippen molar-refractivity contribution in [3.8, 4) is 0 Å². The lowest BCUT2D eigenvalue weighted by molar-refractivity contribution is -0.190. The Morgan fingerprint density at radius 2 is 1.88 bits per heavy atom. The monoisotopic (exact) mass is 348 g/mol. The standard InChI is InChI=1S/C20H28O5/c1-9-7-19-10(2)5-13-14(18(13,3)4)12(17(19)24)6-11(8-21)16(23)20(19,25)15(9)22/h6-7,10,12-16,21-23,25H,5,8H2,1-4H3/t10-,12+,13-,14+,15?,16-,19+,20-/m1/s1. The van der Waals surface area contributed by atoms with Gasteiger partial charge < -0.3 is 20.4 Å². The summed E-state index contributed by atoms with van der Waals surface area (Å²) in [7, 11) is 0. The van der Waals surface area contributed by atoms with Gasteiger partial charge in [-0.1, -0.05) is 32.9 Å². The fourth-order valence-electron chi connectivity index (χ4n) is 6.43. The van der Waals surface area contributed by atoms with E-state index in [4.69, 9.17) is 0 Å². The molecule has 2 fully saturated rings. The van der Waals surface area contributed by atoms with Crippen LogP contribution in [0.1, 0.15) is 34.1 Å². The molecule has 138 valence electrons. The lowest BCUT2D eigenvalue weighted by Gasteiger charge is -2.48. The maximum absolute atomic E-state index is 13.7. The third-order valence-electron chi connectivity index (χ3n) is 7.93. The number of aliphatic hydroxyl groups is 4. The molecule has 1 spiro atoms. The van der Waals surface area contributed by atoms with Gasteiger partial charge in [0.1, 0.15) is 17.8 Å². The summed E-state index contributed by atoms with van der Waals surface area (Å²) in [6.45, 7) is 7.50. The maximum Gasteiger partial charge on any atom is 0.153 e. The van der Waals surface area contributed by atoms with E-state index in [1.807, 2.05) is 6.92 Å². The van der Waals surface area contributed by atoms with Crippen molar-refractivity contribution in [2.75, 3.05) is 6.61 Å². The lowest BCUT2D eigenvalue weighted by atomic mass is 9.59. The van der Waals surface area contributed by atoms with Crippen molar-refractivity contribution >= 4 is 5.78 Å². The van der Waals surface area contributed by atoms with Gasteiger partial charge in [-0.2, -0.15) is 0 Å². The van der Waals surface area contributed by atoms with Gasteiger partial charge in [0.15, 0.2) is 5.78 Å². The first-order chi connectivity index (χ1) is 11.5. The van der Waals surface area contributed by atoms with E-state index < -0.39 is 35.7 Å². The van der Waals surface area contributed by atoms with E-state index in [1.54, 1.807) is 19.1 Å². The van der Waals surface area contributed by atoms with E-state index in [0.29, 0.717) is 11.5 Å². The van der Waals surface area contributed by atoms with Crippen LogP contribution in [-0.4, -0.2) is 50.6 Å². The van der Waals surface area contributed by atoms with Crippen molar-refractivity contribution in [3.05, 3.63) is 23.3 Å². The average Bonchev–Trinajstić information content (AvgIpc) is 3.05. The Balaban J connectivity index is 1.99. The van der Waals surface area contributed by atoms with Gasteiger partial charge in [-0.05, 0) is 47.7 Å². The van der Waals surface area contributed by atoms with Crippen molar-refractivity contribution in [3.63, 3.8) is 0 Å². The van der Waals surface area contributed by atoms with E-state index in [0.717, 1.165) is 6.42 Å². The second-order valence-electron chi connectivity index (χ2n) is 9.27. The molecule has 4 aliphatic carbocycles. The molecule has 8 atom stereocenters. The molecule has 0 radical (unpaired) electrons. The number of fused-ring (bicyclic) bond motifs is 3. The average molecular weight is 348 g/mol. The zero-order valence-electron chi connectivity index (χ0n) is 15.2. The first kappa shape index (κ1) is 17.4. The SMILES string of the molecule is CC1=C[C@]23C(=O)[C@@H](C=C(CO)[C@@H](O)[C@]2(O)C1O)[C@H]1[C@@H](C[C@H]3C)C1(C)C. The van der Waals surface area contributed by atoms with Gasteiger partial charge in [0.05, 0.1) is 12.0 Å². The van der Waals surface area contributed by atoms with Gasteiger partial charge in [0.2, 0.25) is 0 Å². The molecule has 5 nitrogen and oxygen atoms in total. The number of hydrogen-bond donors (Lipinski definition) is 4. The zero-order valence-corrected chi connectivity index (χ0v) is 15.2. The minimum atomic E-state index is -2.03. The Bertz CT molecular complexity index is 707. The van der Waals surface area contributed by atoms with Gasteiger partial charge in [-0.3, -0.25) is 4.79 Å². The highest BCUT2D eigenvalue weighted by molar-refractivity contribution is 5.95. The van der Waals surface area contributed by atoms with Crippen molar-refractivity contribution in [2.45, 2.75) is 51.9 Å². The highest BCUT2D eigenvalue weighted by Crippen LogP contribution is 2.71. The van der Waals surface area contributed by atoms with Crippen molar-refractivity contribution < 1.29 is 25.2 Å². The van der Waals surface area contributed by atoms with Crippen LogP contribution >= 0.6 is 0 Å². The molecular formula is C20H28O5. The number of rotatable bonds is 1. The normalized spacial score (nSPS) is 53.2. The minimum absolute atomic E-state index is 0.0245. The van der Waals surface area contributed by atoms with Crippen LogP contribution in [0.25, 0.3) is 0 Å². The predicted octanol–water partition coefficient (Wildman–Crippen LogP) is 0.815. The molecular weight excluding hydrogens is 320 g/mol. The first-order valence-corrected chi connectivity index (χ1v) is 9.18. The van der Waals surface area contributed by atoms with E-state index >= 15 is 0 Å². The van der Waals surface area contributed by atoms with Crippen LogP contribution in [0, 0.1) is 34.5 Å². The molecule has 4 N–H and O–H groups in total. The number of Topliss-reactive ketones (excluding diaryl/α,β-unsaturated/α-hetero) is 1. The summed E-state index contributed by atoms with van der Waals surface area (Å²) in [5, 5.41) is 43.0. The maximum atomic E-state index is 13.7. The Morgan fingerprint density at radius 1 is 1.24 bits per heavy atom. The fourth-order valence-corrected chi connectivity index (χ4v) is 6.43. The number of carbonyl (C=O) groups excluding carboxylic acids is 1. The van der Waals surface area contributed by atoms with E-state index in [-0.39, 0.29) is 28.6 Å². The molecule has 4 aliphatic rings. The van der Waals surface area contributed by atoms with E-state index in [9.17, 15) is 25.2 Å². The third-order valence-corrected chi connectivity index (χ3v) is 7.93. The quantitative estimate of drug-likeness (QED) is 0.526. The number of carbonyl (C=O) groups is 1. The van der Waals surface area contributed by atoms with Crippen LogP contribution in [-0.2, 0) is 4.79 Å². The number of aliphatic hydroxyl groups excluding tert-OH is 3. The van der Waals surface area contributed by atoms with E-state index in [1.165, 1.54) is 0 Å². The Morgan fingerprint density at radius 3 is 2.48 bits per heavy atom. The Labute approximate surface area is 148 Å². The summed E-state index contributed by atoms with van der Waals surface area (Å²) < 4.78 is 0. The lowest BCUT2D eigenvalue weighted by Crippen LogP contribution is -2.65. The molecule has 0 aliphatic heterocycles. The van der Waals surface area contributed by atoms with E-state index in [2.05, 4.69) is 13.8 Å². The molecule has 1 unspecified atom stereocenters. The first-order valence-electron chi connectivity index (χ1n) is 9.18. The molecule has 0 saturated heterocycles. The smallest absolute Gasteiger partial charge is 0.153 e. The predicted molar refractivity (Wildman–Crippen MR) is 91.4 cm³/mol. The Hall–Kier alpha value is -1.01. The summed E-state index contributed by atoms with van der Waals surface area (Å²) >= 11 is 0. The molecule has 5 heteroatoms. The van der Waals surface area contributed by atoms with Crippen molar-refractivity contribution in [1.29, 1.82) is 0 Å². The zero-order chi connectivity index (χ0) is 18.5.